The molecule has 2 aliphatic rings. The van der Waals surface area contributed by atoms with E-state index in [9.17, 15) is 19.2 Å². The van der Waals surface area contributed by atoms with Crippen molar-refractivity contribution in [3.8, 4) is 11.5 Å². The van der Waals surface area contributed by atoms with Gasteiger partial charge in [-0.15, -0.1) is 0 Å². The molecular formula is C30H28N4O6. The minimum atomic E-state index is -0.835. The monoisotopic (exact) mass is 540 g/mol. The SMILES string of the molecule is Nc1ccc(C(=O)N(CCN2CCC(C(=O)c3ccccc3)CC2)c2cccnc2)c2c1OC(=O)/C=C\C(=O)O2. The highest BCUT2D eigenvalue weighted by Crippen LogP contribution is 2.39. The average molecular weight is 541 g/mol. The van der Waals surface area contributed by atoms with Crippen LogP contribution in [0.3, 0.4) is 0 Å². The second-order valence-electron chi connectivity index (χ2n) is 9.55. The maximum absolute atomic E-state index is 13.9. The number of aromatic nitrogens is 1. The summed E-state index contributed by atoms with van der Waals surface area (Å²) in [6.45, 7) is 2.28. The molecule has 40 heavy (non-hydrogen) atoms. The van der Waals surface area contributed by atoms with Crippen LogP contribution in [0.25, 0.3) is 0 Å². The van der Waals surface area contributed by atoms with E-state index in [2.05, 4.69) is 9.88 Å². The van der Waals surface area contributed by atoms with Crippen LogP contribution < -0.4 is 20.1 Å². The molecule has 0 spiro atoms. The fourth-order valence-corrected chi connectivity index (χ4v) is 4.86. The molecule has 3 aromatic rings. The van der Waals surface area contributed by atoms with Crippen molar-refractivity contribution < 1.29 is 28.7 Å². The number of likely N-dealkylation sites (tertiary alicyclic amines) is 1. The van der Waals surface area contributed by atoms with Crippen LogP contribution in [0, 0.1) is 5.92 Å². The summed E-state index contributed by atoms with van der Waals surface area (Å²) in [6, 6.07) is 15.7. The predicted octanol–water partition coefficient (Wildman–Crippen LogP) is 3.29. The maximum atomic E-state index is 13.9. The number of nitrogen functional groups attached to an aromatic ring is 1. The Morgan fingerprint density at radius 2 is 1.62 bits per heavy atom. The molecule has 1 fully saturated rings. The molecule has 0 unspecified atom stereocenters. The van der Waals surface area contributed by atoms with Gasteiger partial charge in [0.1, 0.15) is 0 Å². The maximum Gasteiger partial charge on any atom is 0.336 e. The lowest BCUT2D eigenvalue weighted by atomic mass is 9.89. The number of hydrogen-bond donors (Lipinski definition) is 1. The molecule has 0 bridgehead atoms. The Morgan fingerprint density at radius 3 is 2.30 bits per heavy atom. The summed E-state index contributed by atoms with van der Waals surface area (Å²) in [5.74, 6) is -2.41. The molecule has 5 rings (SSSR count). The minimum Gasteiger partial charge on any atom is -0.418 e. The van der Waals surface area contributed by atoms with Gasteiger partial charge in [0.25, 0.3) is 5.91 Å². The fourth-order valence-electron chi connectivity index (χ4n) is 4.86. The van der Waals surface area contributed by atoms with E-state index in [0.717, 1.165) is 43.6 Å². The van der Waals surface area contributed by atoms with E-state index >= 15 is 0 Å². The normalized spacial score (nSPS) is 16.6. The molecule has 3 heterocycles. The zero-order valence-electron chi connectivity index (χ0n) is 21.7. The summed E-state index contributed by atoms with van der Waals surface area (Å²) in [5, 5.41) is 0. The first kappa shape index (κ1) is 26.8. The topological polar surface area (TPSA) is 132 Å². The van der Waals surface area contributed by atoms with Crippen molar-refractivity contribution in [2.45, 2.75) is 12.8 Å². The zero-order valence-corrected chi connectivity index (χ0v) is 21.7. The van der Waals surface area contributed by atoms with Crippen LogP contribution in [0.2, 0.25) is 0 Å². The number of carbonyl (C=O) groups is 4. The summed E-state index contributed by atoms with van der Waals surface area (Å²) in [6.07, 6.45) is 6.49. The molecule has 2 N–H and O–H groups in total. The summed E-state index contributed by atoms with van der Waals surface area (Å²) < 4.78 is 10.6. The molecule has 0 radical (unpaired) electrons. The van der Waals surface area contributed by atoms with Gasteiger partial charge in [-0.05, 0) is 50.2 Å². The van der Waals surface area contributed by atoms with E-state index in [1.165, 1.54) is 17.0 Å². The number of piperidine rings is 1. The molecule has 2 aromatic carbocycles. The van der Waals surface area contributed by atoms with Gasteiger partial charge in [0.15, 0.2) is 17.3 Å². The summed E-state index contributed by atoms with van der Waals surface area (Å²) in [5.41, 5.74) is 7.32. The second-order valence-corrected chi connectivity index (χ2v) is 9.55. The Kier molecular flexibility index (Phi) is 7.97. The third kappa shape index (κ3) is 5.92. The van der Waals surface area contributed by atoms with Crippen molar-refractivity contribution in [1.29, 1.82) is 0 Å². The number of ketones is 1. The molecule has 1 amide bonds. The van der Waals surface area contributed by atoms with Gasteiger partial charge in [0.05, 0.1) is 23.1 Å². The Labute approximate surface area is 231 Å². The standard InChI is InChI=1S/C30H28N4O6/c31-24-9-8-23(28-29(24)40-26(36)11-10-25(35)39-28)30(38)34(22-7-4-14-32-19-22)18-17-33-15-12-21(13-16-33)27(37)20-5-2-1-3-6-20/h1-11,14,19,21H,12-13,15-18,31H2/b11-10-. The Hall–Kier alpha value is -4.83. The molecule has 2 aliphatic heterocycles. The molecule has 10 nitrogen and oxygen atoms in total. The molecule has 0 aliphatic carbocycles. The minimum absolute atomic E-state index is 0.0108. The largest absolute Gasteiger partial charge is 0.418 e. The van der Waals surface area contributed by atoms with Gasteiger partial charge in [0, 0.05) is 42.9 Å². The van der Waals surface area contributed by atoms with Crippen LogP contribution in [-0.4, -0.2) is 59.7 Å². The first-order chi connectivity index (χ1) is 19.4. The molecule has 1 aromatic heterocycles. The Balaban J connectivity index is 1.33. The van der Waals surface area contributed by atoms with Crippen LogP contribution in [-0.2, 0) is 9.59 Å². The van der Waals surface area contributed by atoms with Gasteiger partial charge in [-0.25, -0.2) is 9.59 Å². The number of Topliss-reactive ketones (excluding diaryl/α,β-unsaturated/α-hetero) is 1. The van der Waals surface area contributed by atoms with Crippen molar-refractivity contribution in [3.05, 3.63) is 90.3 Å². The number of hydrogen-bond acceptors (Lipinski definition) is 9. The fraction of sp³-hybridized carbons (Fsp3) is 0.233. The first-order valence-corrected chi connectivity index (χ1v) is 13.0. The Morgan fingerprint density at radius 1 is 0.925 bits per heavy atom. The molecule has 10 heteroatoms. The highest BCUT2D eigenvalue weighted by atomic mass is 16.6. The van der Waals surface area contributed by atoms with Gasteiger partial charge >= 0.3 is 11.9 Å². The summed E-state index contributed by atoms with van der Waals surface area (Å²) in [7, 11) is 0. The number of fused-ring (bicyclic) bond motifs is 1. The average Bonchev–Trinajstić information content (AvgIpc) is 2.98. The van der Waals surface area contributed by atoms with Crippen LogP contribution in [0.1, 0.15) is 33.6 Å². The van der Waals surface area contributed by atoms with Gasteiger partial charge in [-0.2, -0.15) is 0 Å². The highest BCUT2D eigenvalue weighted by molar-refractivity contribution is 6.10. The third-order valence-corrected chi connectivity index (χ3v) is 6.99. The van der Waals surface area contributed by atoms with Gasteiger partial charge < -0.3 is 25.0 Å². The Bertz CT molecular complexity index is 1450. The number of amides is 1. The van der Waals surface area contributed by atoms with Crippen molar-refractivity contribution in [1.82, 2.24) is 9.88 Å². The number of nitrogens with zero attached hydrogens (tertiary/aromatic N) is 3. The van der Waals surface area contributed by atoms with Crippen LogP contribution >= 0.6 is 0 Å². The molecule has 204 valence electrons. The van der Waals surface area contributed by atoms with Crippen molar-refractivity contribution >= 4 is 35.0 Å². The first-order valence-electron chi connectivity index (χ1n) is 13.0. The molecule has 0 saturated carbocycles. The van der Waals surface area contributed by atoms with E-state index in [-0.39, 0.29) is 34.5 Å². The number of anilines is 2. The summed E-state index contributed by atoms with van der Waals surface area (Å²) >= 11 is 0. The van der Waals surface area contributed by atoms with E-state index in [1.807, 2.05) is 30.3 Å². The molecule has 1 saturated heterocycles. The van der Waals surface area contributed by atoms with Gasteiger partial charge in [-0.1, -0.05) is 30.3 Å². The number of esters is 2. The number of carbonyl (C=O) groups excluding carboxylic acids is 4. The van der Waals surface area contributed by atoms with Crippen molar-refractivity contribution in [3.63, 3.8) is 0 Å². The lowest BCUT2D eigenvalue weighted by molar-refractivity contribution is -0.133. The van der Waals surface area contributed by atoms with Crippen LogP contribution in [0.15, 0.2) is 79.1 Å². The highest BCUT2D eigenvalue weighted by Gasteiger charge is 2.30. The number of benzene rings is 2. The van der Waals surface area contributed by atoms with Crippen LogP contribution in [0.4, 0.5) is 11.4 Å². The van der Waals surface area contributed by atoms with Crippen molar-refractivity contribution in [2.75, 3.05) is 36.8 Å². The second kappa shape index (κ2) is 11.9. The van der Waals surface area contributed by atoms with E-state index in [1.54, 1.807) is 24.5 Å². The van der Waals surface area contributed by atoms with E-state index in [4.69, 9.17) is 15.2 Å². The lowest BCUT2D eigenvalue weighted by Gasteiger charge is -2.33. The number of rotatable bonds is 7. The van der Waals surface area contributed by atoms with E-state index < -0.39 is 17.8 Å². The molecular weight excluding hydrogens is 512 g/mol. The van der Waals surface area contributed by atoms with Crippen molar-refractivity contribution in [2.24, 2.45) is 5.92 Å². The molecule has 0 atom stereocenters. The smallest absolute Gasteiger partial charge is 0.336 e. The number of pyridine rings is 1. The zero-order chi connectivity index (χ0) is 28.1. The van der Waals surface area contributed by atoms with Crippen LogP contribution in [0.5, 0.6) is 11.5 Å². The summed E-state index contributed by atoms with van der Waals surface area (Å²) in [4.78, 5) is 59.0. The predicted molar refractivity (Wildman–Crippen MR) is 147 cm³/mol. The number of nitrogens with two attached hydrogens (primary N) is 1. The quantitative estimate of drug-likeness (QED) is 0.207. The van der Waals surface area contributed by atoms with Gasteiger partial charge in [-0.3, -0.25) is 14.6 Å². The van der Waals surface area contributed by atoms with Gasteiger partial charge in [0.2, 0.25) is 0 Å². The third-order valence-electron chi connectivity index (χ3n) is 6.99. The van der Waals surface area contributed by atoms with E-state index in [0.29, 0.717) is 18.8 Å². The lowest BCUT2D eigenvalue weighted by Crippen LogP contribution is -2.43. The number of ether oxygens (including phenoxy) is 2.